The van der Waals surface area contributed by atoms with Crippen LogP contribution in [0.5, 0.6) is 0 Å². The Morgan fingerprint density at radius 2 is 2.05 bits per heavy atom. The lowest BCUT2D eigenvalue weighted by atomic mass is 9.96. The zero-order valence-corrected chi connectivity index (χ0v) is 13.5. The first kappa shape index (κ1) is 16.9. The largest absolute Gasteiger partial charge is 0.382 e. The molecule has 6 nitrogen and oxygen atoms in total. The van der Waals surface area contributed by atoms with Gasteiger partial charge in [0, 0.05) is 12.0 Å². The van der Waals surface area contributed by atoms with Crippen LogP contribution in [0.4, 0.5) is 4.39 Å². The van der Waals surface area contributed by atoms with Crippen molar-refractivity contribution in [3.63, 3.8) is 0 Å². The molecule has 1 N–H and O–H groups in total. The van der Waals surface area contributed by atoms with Crippen molar-refractivity contribution >= 4 is 21.6 Å². The maximum absolute atomic E-state index is 13.1. The van der Waals surface area contributed by atoms with E-state index in [9.17, 15) is 17.9 Å². The van der Waals surface area contributed by atoms with Crippen molar-refractivity contribution in [1.82, 2.24) is 14.8 Å². The van der Waals surface area contributed by atoms with E-state index < -0.39 is 21.3 Å². The van der Waals surface area contributed by atoms with Gasteiger partial charge in [-0.2, -0.15) is 5.10 Å². The molecule has 2 rings (SSSR count). The van der Waals surface area contributed by atoms with E-state index in [0.29, 0.717) is 5.56 Å². The molecule has 0 aliphatic rings. The highest BCUT2D eigenvalue weighted by molar-refractivity contribution is 8.12. The quantitative estimate of drug-likeness (QED) is 0.807. The normalized spacial score (nSPS) is 14.7. The zero-order chi connectivity index (χ0) is 16.2. The Kier molecular flexibility index (Phi) is 5.20. The topological polar surface area (TPSA) is 85.1 Å². The summed E-state index contributed by atoms with van der Waals surface area (Å²) in [6.45, 7) is 0.0927. The van der Waals surface area contributed by atoms with E-state index in [1.54, 1.807) is 0 Å². The summed E-state index contributed by atoms with van der Waals surface area (Å²) >= 11 is 1.09. The Morgan fingerprint density at radius 1 is 1.36 bits per heavy atom. The van der Waals surface area contributed by atoms with Crippen LogP contribution >= 0.6 is 11.8 Å². The van der Waals surface area contributed by atoms with Gasteiger partial charge in [-0.25, -0.2) is 22.5 Å². The predicted octanol–water partition coefficient (Wildman–Crippen LogP) is 1.04. The number of aromatic nitrogens is 3. The number of hydrogen-bond acceptors (Lipinski definition) is 6. The maximum atomic E-state index is 13.1. The minimum absolute atomic E-state index is 0.0927. The summed E-state index contributed by atoms with van der Waals surface area (Å²) in [6.07, 6.45) is 3.93. The van der Waals surface area contributed by atoms with E-state index in [2.05, 4.69) is 10.1 Å². The first-order valence-electron chi connectivity index (χ1n) is 6.35. The molecule has 0 aliphatic carbocycles. The standard InChI is InChI=1S/C13H16FN3O3S2/c1-22(19,20)10-21-7-13(18,6-17-9-15-8-16-17)11-2-4-12(14)5-3-11/h2-5,8-9,18H,6-7,10H2,1H3. The fraction of sp³-hybridized carbons (Fsp3) is 0.385. The van der Waals surface area contributed by atoms with Crippen LogP contribution < -0.4 is 0 Å². The predicted molar refractivity (Wildman–Crippen MR) is 82.5 cm³/mol. The van der Waals surface area contributed by atoms with Gasteiger partial charge in [-0.05, 0) is 17.7 Å². The van der Waals surface area contributed by atoms with Crippen LogP contribution in [0.3, 0.4) is 0 Å². The van der Waals surface area contributed by atoms with Gasteiger partial charge in [0.05, 0.1) is 11.6 Å². The molecule has 0 saturated heterocycles. The van der Waals surface area contributed by atoms with Gasteiger partial charge in [-0.3, -0.25) is 0 Å². The molecule has 0 amide bonds. The average Bonchev–Trinajstić information content (AvgIpc) is 2.90. The first-order chi connectivity index (χ1) is 10.3. The van der Waals surface area contributed by atoms with Crippen molar-refractivity contribution in [3.8, 4) is 0 Å². The van der Waals surface area contributed by atoms with Crippen molar-refractivity contribution in [1.29, 1.82) is 0 Å². The zero-order valence-electron chi connectivity index (χ0n) is 11.9. The summed E-state index contributed by atoms with van der Waals surface area (Å²) in [6, 6.07) is 5.46. The van der Waals surface area contributed by atoms with Gasteiger partial charge >= 0.3 is 0 Å². The molecule has 9 heteroatoms. The second-order valence-corrected chi connectivity index (χ2v) is 8.51. The fourth-order valence-corrected chi connectivity index (χ4v) is 4.06. The van der Waals surface area contributed by atoms with Crippen LogP contribution in [0.25, 0.3) is 0 Å². The van der Waals surface area contributed by atoms with Gasteiger partial charge in [0.2, 0.25) is 0 Å². The van der Waals surface area contributed by atoms with Gasteiger partial charge < -0.3 is 5.11 Å². The Morgan fingerprint density at radius 3 is 2.59 bits per heavy atom. The smallest absolute Gasteiger partial charge is 0.156 e. The van der Waals surface area contributed by atoms with Crippen LogP contribution in [0.15, 0.2) is 36.9 Å². The van der Waals surface area contributed by atoms with Crippen LogP contribution in [-0.2, 0) is 22.0 Å². The molecule has 0 spiro atoms. The lowest BCUT2D eigenvalue weighted by Crippen LogP contribution is -2.35. The van der Waals surface area contributed by atoms with Crippen LogP contribution in [0, 0.1) is 5.82 Å². The number of thioether (sulfide) groups is 1. The lowest BCUT2D eigenvalue weighted by molar-refractivity contribution is 0.0396. The van der Waals surface area contributed by atoms with Gasteiger partial charge in [-0.15, -0.1) is 11.8 Å². The Hall–Kier alpha value is -1.45. The molecule has 1 aromatic carbocycles. The molecule has 0 bridgehead atoms. The molecular formula is C13H16FN3O3S2. The Balaban J connectivity index is 2.21. The molecule has 0 radical (unpaired) electrons. The molecule has 120 valence electrons. The minimum atomic E-state index is -3.14. The van der Waals surface area contributed by atoms with Crippen molar-refractivity contribution in [3.05, 3.63) is 48.3 Å². The van der Waals surface area contributed by atoms with E-state index >= 15 is 0 Å². The number of sulfone groups is 1. The van der Waals surface area contributed by atoms with Crippen molar-refractivity contribution < 1.29 is 17.9 Å². The van der Waals surface area contributed by atoms with E-state index in [4.69, 9.17) is 0 Å². The summed E-state index contributed by atoms with van der Waals surface area (Å²) in [5.41, 5.74) is -0.887. The molecule has 1 aromatic heterocycles. The number of rotatable bonds is 7. The average molecular weight is 345 g/mol. The molecule has 0 aliphatic heterocycles. The van der Waals surface area contributed by atoms with Gasteiger partial charge in [0.15, 0.2) is 9.84 Å². The number of benzene rings is 1. The monoisotopic (exact) mass is 345 g/mol. The maximum Gasteiger partial charge on any atom is 0.156 e. The second kappa shape index (κ2) is 6.76. The summed E-state index contributed by atoms with van der Waals surface area (Å²) < 4.78 is 37.0. The Labute approximate surface area is 132 Å². The van der Waals surface area contributed by atoms with Crippen molar-refractivity contribution in [2.45, 2.75) is 12.1 Å². The minimum Gasteiger partial charge on any atom is -0.382 e. The molecule has 1 unspecified atom stereocenters. The van der Waals surface area contributed by atoms with Gasteiger partial charge in [0.25, 0.3) is 0 Å². The van der Waals surface area contributed by atoms with Crippen molar-refractivity contribution in [2.75, 3.05) is 17.1 Å². The van der Waals surface area contributed by atoms with Crippen LogP contribution in [-0.4, -0.2) is 45.4 Å². The number of nitrogens with zero attached hydrogens (tertiary/aromatic N) is 3. The Bertz CT molecular complexity index is 705. The first-order valence-corrected chi connectivity index (χ1v) is 9.56. The molecule has 0 fully saturated rings. The number of aliphatic hydroxyl groups is 1. The van der Waals surface area contributed by atoms with Crippen molar-refractivity contribution in [2.24, 2.45) is 0 Å². The third kappa shape index (κ3) is 4.79. The third-order valence-electron chi connectivity index (χ3n) is 2.91. The highest BCUT2D eigenvalue weighted by Gasteiger charge is 2.31. The molecule has 22 heavy (non-hydrogen) atoms. The van der Waals surface area contributed by atoms with E-state index in [0.717, 1.165) is 18.0 Å². The van der Waals surface area contributed by atoms with Crippen LogP contribution in [0.1, 0.15) is 5.56 Å². The lowest BCUT2D eigenvalue weighted by Gasteiger charge is -2.28. The molecule has 1 heterocycles. The highest BCUT2D eigenvalue weighted by atomic mass is 32.3. The van der Waals surface area contributed by atoms with E-state index in [-0.39, 0.29) is 17.4 Å². The molecule has 0 saturated carbocycles. The molecular weight excluding hydrogens is 329 g/mol. The van der Waals surface area contributed by atoms with E-state index in [1.807, 2.05) is 0 Å². The van der Waals surface area contributed by atoms with E-state index in [1.165, 1.54) is 41.6 Å². The summed E-state index contributed by atoms with van der Waals surface area (Å²) in [5.74, 6) is -0.276. The fourth-order valence-electron chi connectivity index (χ4n) is 1.92. The SMILES string of the molecule is CS(=O)(=O)CSCC(O)(Cn1cncn1)c1ccc(F)cc1. The van der Waals surface area contributed by atoms with Crippen LogP contribution in [0.2, 0.25) is 0 Å². The summed E-state index contributed by atoms with van der Waals surface area (Å²) in [5, 5.41) is 14.8. The third-order valence-corrected chi connectivity index (χ3v) is 5.97. The number of halogens is 1. The second-order valence-electron chi connectivity index (χ2n) is 5.02. The number of hydrogen-bond donors (Lipinski definition) is 1. The summed E-state index contributed by atoms with van der Waals surface area (Å²) in [7, 11) is -3.14. The highest BCUT2D eigenvalue weighted by Crippen LogP contribution is 2.28. The summed E-state index contributed by atoms with van der Waals surface area (Å²) in [4.78, 5) is 3.81. The van der Waals surface area contributed by atoms with Gasteiger partial charge in [0.1, 0.15) is 24.1 Å². The molecule has 2 aromatic rings. The molecule has 1 atom stereocenters. The van der Waals surface area contributed by atoms with Gasteiger partial charge in [-0.1, -0.05) is 12.1 Å².